The summed E-state index contributed by atoms with van der Waals surface area (Å²) in [6, 6.07) is 11.1. The molecule has 0 aromatic heterocycles. The minimum atomic E-state index is -3.93. The molecule has 1 aliphatic heterocycles. The lowest BCUT2D eigenvalue weighted by molar-refractivity contribution is 0.354. The van der Waals surface area contributed by atoms with Crippen LogP contribution in [-0.4, -0.2) is 67.5 Å². The van der Waals surface area contributed by atoms with E-state index >= 15 is 0 Å². The summed E-state index contributed by atoms with van der Waals surface area (Å²) < 4.78 is 67.0. The van der Waals surface area contributed by atoms with Gasteiger partial charge >= 0.3 is 0 Å². The maximum Gasteiger partial charge on any atom is 0.183 e. The van der Waals surface area contributed by atoms with Crippen LogP contribution in [0.3, 0.4) is 0 Å². The van der Waals surface area contributed by atoms with Crippen LogP contribution in [0.15, 0.2) is 47.4 Å². The van der Waals surface area contributed by atoms with Gasteiger partial charge in [-0.25, -0.2) is 16.8 Å². The van der Waals surface area contributed by atoms with E-state index in [1.54, 1.807) is 7.11 Å². The normalized spacial score (nSPS) is 20.4. The van der Waals surface area contributed by atoms with Crippen LogP contribution in [-0.2, 0) is 26.1 Å². The monoisotopic (exact) mass is 469 g/mol. The van der Waals surface area contributed by atoms with Crippen molar-refractivity contribution in [2.75, 3.05) is 39.4 Å². The fourth-order valence-corrected chi connectivity index (χ4v) is 8.51. The molecule has 170 valence electrons. The van der Waals surface area contributed by atoms with Gasteiger partial charge in [-0.15, -0.1) is 0 Å². The van der Waals surface area contributed by atoms with Crippen LogP contribution in [0.2, 0.25) is 0 Å². The molecule has 2 atom stereocenters. The number of hydrogen-bond acceptors (Lipinski definition) is 8. The number of rotatable bonds is 9. The van der Waals surface area contributed by atoms with Crippen molar-refractivity contribution in [3.8, 4) is 17.2 Å². The molecule has 31 heavy (non-hydrogen) atoms. The largest absolute Gasteiger partial charge is 0.496 e. The Morgan fingerprint density at radius 2 is 1.61 bits per heavy atom. The second-order valence-corrected chi connectivity index (χ2v) is 11.6. The van der Waals surface area contributed by atoms with Gasteiger partial charge in [-0.1, -0.05) is 18.2 Å². The predicted octanol–water partition coefficient (Wildman–Crippen LogP) is 1.48. The molecule has 10 heteroatoms. The van der Waals surface area contributed by atoms with Gasteiger partial charge in [0.15, 0.2) is 31.2 Å². The van der Waals surface area contributed by atoms with Crippen LogP contribution in [0.25, 0.3) is 0 Å². The van der Waals surface area contributed by atoms with E-state index in [-0.39, 0.29) is 16.4 Å². The van der Waals surface area contributed by atoms with Gasteiger partial charge in [0.1, 0.15) is 5.75 Å². The molecule has 0 spiro atoms. The fourth-order valence-electron chi connectivity index (χ4n) is 3.78. The van der Waals surface area contributed by atoms with E-state index in [9.17, 15) is 16.8 Å². The summed E-state index contributed by atoms with van der Waals surface area (Å²) in [5, 5.41) is 2.05. The third kappa shape index (κ3) is 5.13. The van der Waals surface area contributed by atoms with E-state index in [1.165, 1.54) is 32.4 Å². The van der Waals surface area contributed by atoms with Gasteiger partial charge in [0.25, 0.3) is 0 Å². The molecule has 0 amide bonds. The van der Waals surface area contributed by atoms with Gasteiger partial charge in [-0.05, 0) is 36.7 Å². The van der Waals surface area contributed by atoms with Gasteiger partial charge in [-0.3, -0.25) is 0 Å². The quantitative estimate of drug-likeness (QED) is 0.589. The lowest BCUT2D eigenvalue weighted by atomic mass is 10.1. The Hall–Kier alpha value is -2.30. The molecule has 1 saturated heterocycles. The lowest BCUT2D eigenvalue weighted by Crippen LogP contribution is -2.44. The summed E-state index contributed by atoms with van der Waals surface area (Å²) in [5.41, 5.74) is 0.956. The van der Waals surface area contributed by atoms with Gasteiger partial charge in [0.05, 0.1) is 43.0 Å². The molecule has 3 rings (SSSR count). The number of nitrogens with one attached hydrogen (secondary N) is 1. The van der Waals surface area contributed by atoms with Crippen LogP contribution in [0.1, 0.15) is 5.56 Å². The van der Waals surface area contributed by atoms with Crippen molar-refractivity contribution in [1.29, 1.82) is 0 Å². The summed E-state index contributed by atoms with van der Waals surface area (Å²) in [7, 11) is -2.97. The maximum absolute atomic E-state index is 13.3. The molecule has 0 bridgehead atoms. The second kappa shape index (κ2) is 9.46. The maximum atomic E-state index is 13.3. The molecular formula is C21H27NO7S2. The minimum Gasteiger partial charge on any atom is -0.496 e. The van der Waals surface area contributed by atoms with Crippen LogP contribution in [0.5, 0.6) is 17.2 Å². The Labute approximate surface area is 183 Å². The highest BCUT2D eigenvalue weighted by atomic mass is 32.2. The topological polar surface area (TPSA) is 108 Å². The van der Waals surface area contributed by atoms with Gasteiger partial charge in [0.2, 0.25) is 0 Å². The van der Waals surface area contributed by atoms with Crippen molar-refractivity contribution in [2.45, 2.75) is 22.6 Å². The van der Waals surface area contributed by atoms with Crippen LogP contribution < -0.4 is 19.5 Å². The van der Waals surface area contributed by atoms with E-state index in [0.717, 1.165) is 11.3 Å². The van der Waals surface area contributed by atoms with E-state index in [4.69, 9.17) is 14.2 Å². The molecule has 2 aromatic carbocycles. The summed E-state index contributed by atoms with van der Waals surface area (Å²) in [5.74, 6) is 0.751. The third-order valence-electron chi connectivity index (χ3n) is 5.38. The smallest absolute Gasteiger partial charge is 0.183 e. The molecule has 1 N–H and O–H groups in total. The van der Waals surface area contributed by atoms with Crippen molar-refractivity contribution in [2.24, 2.45) is 0 Å². The zero-order chi connectivity index (χ0) is 22.6. The van der Waals surface area contributed by atoms with Crippen molar-refractivity contribution in [3.05, 3.63) is 48.0 Å². The summed E-state index contributed by atoms with van der Waals surface area (Å²) in [6.45, 7) is 0.415. The first-order chi connectivity index (χ1) is 14.7. The van der Waals surface area contributed by atoms with E-state index in [0.29, 0.717) is 18.7 Å². The second-order valence-electron chi connectivity index (χ2n) is 7.30. The zero-order valence-corrected chi connectivity index (χ0v) is 19.3. The Bertz CT molecular complexity index is 1130. The molecule has 1 fully saturated rings. The van der Waals surface area contributed by atoms with Crippen molar-refractivity contribution < 1.29 is 31.0 Å². The van der Waals surface area contributed by atoms with Crippen LogP contribution in [0.4, 0.5) is 0 Å². The Morgan fingerprint density at radius 1 is 0.935 bits per heavy atom. The van der Waals surface area contributed by atoms with Crippen molar-refractivity contribution in [1.82, 2.24) is 5.32 Å². The molecule has 1 aliphatic rings. The number of hydrogen-bond donors (Lipinski definition) is 1. The fraction of sp³-hybridized carbons (Fsp3) is 0.429. The minimum absolute atomic E-state index is 0.00350. The number of methoxy groups -OCH3 is 3. The molecule has 0 saturated carbocycles. The van der Waals surface area contributed by atoms with E-state index in [2.05, 4.69) is 5.32 Å². The SMILES string of the molecule is COc1ccccc1CCN[C@H]1CS(=O)(=O)C[C@@H]1S(=O)(=O)c1ccc(OC)c(OC)c1. The summed E-state index contributed by atoms with van der Waals surface area (Å²) in [6.07, 6.45) is 0.573. The number of benzene rings is 2. The summed E-state index contributed by atoms with van der Waals surface area (Å²) in [4.78, 5) is 0.00350. The van der Waals surface area contributed by atoms with Crippen molar-refractivity contribution in [3.63, 3.8) is 0 Å². The third-order valence-corrected chi connectivity index (χ3v) is 9.52. The van der Waals surface area contributed by atoms with Gasteiger partial charge in [-0.2, -0.15) is 0 Å². The molecule has 8 nitrogen and oxygen atoms in total. The molecule has 1 heterocycles. The lowest BCUT2D eigenvalue weighted by Gasteiger charge is -2.21. The standard InChI is InChI=1S/C21H27NO7S2/c1-27-18-7-5-4-6-15(18)10-11-22-17-13-30(23,24)14-21(17)31(25,26)16-8-9-19(28-2)20(12-16)29-3/h4-9,12,17,21-22H,10-11,13-14H2,1-3H3/t17-,21-/m0/s1. The molecule has 0 radical (unpaired) electrons. The van der Waals surface area contributed by atoms with E-state index in [1.807, 2.05) is 24.3 Å². The average molecular weight is 470 g/mol. The van der Waals surface area contributed by atoms with Gasteiger partial charge in [0, 0.05) is 12.1 Å². The average Bonchev–Trinajstić information content (AvgIpc) is 3.08. The number of sulfone groups is 2. The summed E-state index contributed by atoms with van der Waals surface area (Å²) >= 11 is 0. The Balaban J connectivity index is 1.81. The highest BCUT2D eigenvalue weighted by Gasteiger charge is 2.45. The number of para-hydroxylation sites is 1. The predicted molar refractivity (Wildman–Crippen MR) is 118 cm³/mol. The molecule has 0 unspecified atom stereocenters. The number of ether oxygens (including phenoxy) is 3. The first-order valence-corrected chi connectivity index (χ1v) is 13.1. The highest BCUT2D eigenvalue weighted by Crippen LogP contribution is 2.33. The first-order valence-electron chi connectivity index (χ1n) is 9.73. The van der Waals surface area contributed by atoms with E-state index < -0.39 is 36.7 Å². The molecule has 0 aliphatic carbocycles. The first kappa shape index (κ1) is 23.4. The van der Waals surface area contributed by atoms with Crippen LogP contribution >= 0.6 is 0 Å². The van der Waals surface area contributed by atoms with Crippen LogP contribution in [0, 0.1) is 0 Å². The highest BCUT2D eigenvalue weighted by molar-refractivity contribution is 7.96. The Morgan fingerprint density at radius 3 is 2.29 bits per heavy atom. The van der Waals surface area contributed by atoms with Crippen molar-refractivity contribution >= 4 is 19.7 Å². The molecular weight excluding hydrogens is 442 g/mol. The Kier molecular flexibility index (Phi) is 7.13. The van der Waals surface area contributed by atoms with Gasteiger partial charge < -0.3 is 19.5 Å². The molecule has 2 aromatic rings. The zero-order valence-electron chi connectivity index (χ0n) is 17.7.